The first-order valence-corrected chi connectivity index (χ1v) is 10.2. The van der Waals surface area contributed by atoms with Gasteiger partial charge in [0.2, 0.25) is 0 Å². The highest BCUT2D eigenvalue weighted by atomic mass is 16.5. The summed E-state index contributed by atoms with van der Waals surface area (Å²) in [5.74, 6) is 0.876. The van der Waals surface area contributed by atoms with Gasteiger partial charge in [0.25, 0.3) is 0 Å². The van der Waals surface area contributed by atoms with Crippen LogP contribution in [0.15, 0.2) is 109 Å². The fraction of sp³-hybridized carbons (Fsp3) is 0.0357. The number of benzene rings is 4. The molecule has 2 nitrogen and oxygen atoms in total. The molecule has 0 fully saturated rings. The minimum atomic E-state index is -0.219. The van der Waals surface area contributed by atoms with Gasteiger partial charge < -0.3 is 4.74 Å². The first kappa shape index (κ1) is 17.0. The summed E-state index contributed by atoms with van der Waals surface area (Å²) in [5, 5.41) is 1.14. The predicted molar refractivity (Wildman–Crippen MR) is 122 cm³/mol. The number of hydrogen-bond donors (Lipinski definition) is 0. The molecular weight excluding hydrogens is 366 g/mol. The van der Waals surface area contributed by atoms with Gasteiger partial charge in [0, 0.05) is 22.1 Å². The van der Waals surface area contributed by atoms with Gasteiger partial charge in [-0.05, 0) is 29.3 Å². The van der Waals surface area contributed by atoms with Crippen molar-refractivity contribution in [2.24, 2.45) is 0 Å². The summed E-state index contributed by atoms with van der Waals surface area (Å²) < 4.78 is 6.62. The highest BCUT2D eigenvalue weighted by molar-refractivity contribution is 6.00. The second-order valence-electron chi connectivity index (χ2n) is 7.54. The summed E-state index contributed by atoms with van der Waals surface area (Å²) in [5.41, 5.74) is 7.67. The molecular formula is C28H19NO. The van der Waals surface area contributed by atoms with Gasteiger partial charge in [-0.15, -0.1) is 0 Å². The molecule has 0 saturated heterocycles. The number of ether oxygens (including phenoxy) is 1. The lowest BCUT2D eigenvalue weighted by molar-refractivity contribution is 0.243. The van der Waals surface area contributed by atoms with E-state index in [1.165, 1.54) is 11.1 Å². The molecule has 4 aromatic carbocycles. The molecule has 0 unspecified atom stereocenters. The van der Waals surface area contributed by atoms with Gasteiger partial charge in [-0.25, -0.2) is 4.98 Å². The summed E-state index contributed by atoms with van der Waals surface area (Å²) in [7, 11) is 0. The topological polar surface area (TPSA) is 22.1 Å². The molecule has 2 heteroatoms. The average molecular weight is 385 g/mol. The minimum Gasteiger partial charge on any atom is -0.480 e. The van der Waals surface area contributed by atoms with E-state index in [0.29, 0.717) is 0 Å². The molecule has 6 rings (SSSR count). The molecule has 0 bridgehead atoms. The zero-order valence-corrected chi connectivity index (χ0v) is 16.3. The Labute approximate surface area is 175 Å². The second-order valence-corrected chi connectivity index (χ2v) is 7.54. The van der Waals surface area contributed by atoms with Crippen molar-refractivity contribution in [2.45, 2.75) is 6.10 Å². The van der Waals surface area contributed by atoms with E-state index in [1.807, 2.05) is 24.3 Å². The van der Waals surface area contributed by atoms with Crippen molar-refractivity contribution in [3.05, 3.63) is 120 Å². The van der Waals surface area contributed by atoms with Crippen LogP contribution >= 0.6 is 0 Å². The fourth-order valence-electron chi connectivity index (χ4n) is 4.42. The van der Waals surface area contributed by atoms with E-state index in [2.05, 4.69) is 84.9 Å². The van der Waals surface area contributed by atoms with Gasteiger partial charge in [0.1, 0.15) is 5.75 Å². The summed E-state index contributed by atoms with van der Waals surface area (Å²) in [6, 6.07) is 37.6. The van der Waals surface area contributed by atoms with E-state index in [9.17, 15) is 0 Å². The summed E-state index contributed by atoms with van der Waals surface area (Å²) >= 11 is 0. The van der Waals surface area contributed by atoms with Crippen LogP contribution in [-0.2, 0) is 0 Å². The monoisotopic (exact) mass is 385 g/mol. The zero-order valence-electron chi connectivity index (χ0n) is 16.3. The van der Waals surface area contributed by atoms with Gasteiger partial charge >= 0.3 is 0 Å². The van der Waals surface area contributed by atoms with Crippen LogP contribution in [0, 0.1) is 0 Å². The minimum absolute atomic E-state index is 0.219. The van der Waals surface area contributed by atoms with E-state index in [4.69, 9.17) is 9.72 Å². The Hall–Kier alpha value is -3.91. The Balaban J connectivity index is 1.77. The second kappa shape index (κ2) is 6.85. The molecule has 0 N–H and O–H groups in total. The highest BCUT2D eigenvalue weighted by Gasteiger charge is 2.32. The van der Waals surface area contributed by atoms with E-state index in [0.717, 1.165) is 39.0 Å². The maximum Gasteiger partial charge on any atom is 0.152 e. The smallest absolute Gasteiger partial charge is 0.152 e. The number of aromatic nitrogens is 1. The lowest BCUT2D eigenvalue weighted by Crippen LogP contribution is -2.18. The summed E-state index contributed by atoms with van der Waals surface area (Å²) in [6.45, 7) is 0. The Kier molecular flexibility index (Phi) is 3.88. The molecule has 1 aromatic heterocycles. The first-order chi connectivity index (χ1) is 14.9. The van der Waals surface area contributed by atoms with Crippen LogP contribution in [0.2, 0.25) is 0 Å². The fourth-order valence-corrected chi connectivity index (χ4v) is 4.42. The molecule has 0 radical (unpaired) electrons. The number of fused-ring (bicyclic) bond motifs is 4. The summed E-state index contributed by atoms with van der Waals surface area (Å²) in [4.78, 5) is 5.14. The maximum atomic E-state index is 6.62. The van der Waals surface area contributed by atoms with Crippen LogP contribution in [0.5, 0.6) is 5.75 Å². The van der Waals surface area contributed by atoms with Gasteiger partial charge in [-0.2, -0.15) is 0 Å². The van der Waals surface area contributed by atoms with Crippen LogP contribution in [-0.4, -0.2) is 4.98 Å². The molecule has 1 atom stereocenters. The molecule has 0 aliphatic carbocycles. The van der Waals surface area contributed by atoms with Crippen molar-refractivity contribution in [2.75, 3.05) is 0 Å². The van der Waals surface area contributed by atoms with Crippen molar-refractivity contribution >= 4 is 10.9 Å². The summed E-state index contributed by atoms with van der Waals surface area (Å²) in [6.07, 6.45) is -0.219. The van der Waals surface area contributed by atoms with Crippen LogP contribution in [0.3, 0.4) is 0 Å². The third-order valence-corrected chi connectivity index (χ3v) is 5.74. The molecule has 1 aliphatic heterocycles. The van der Waals surface area contributed by atoms with Crippen molar-refractivity contribution in [1.82, 2.24) is 4.98 Å². The largest absolute Gasteiger partial charge is 0.480 e. The Morgan fingerprint density at radius 2 is 1.30 bits per heavy atom. The van der Waals surface area contributed by atoms with Crippen LogP contribution in [0.25, 0.3) is 33.3 Å². The van der Waals surface area contributed by atoms with E-state index < -0.39 is 0 Å². The lowest BCUT2D eigenvalue weighted by Gasteiger charge is -2.31. The van der Waals surface area contributed by atoms with Crippen molar-refractivity contribution < 1.29 is 4.74 Å². The third-order valence-electron chi connectivity index (χ3n) is 5.74. The molecule has 142 valence electrons. The molecule has 5 aromatic rings. The molecule has 30 heavy (non-hydrogen) atoms. The van der Waals surface area contributed by atoms with E-state index in [1.54, 1.807) is 0 Å². The van der Waals surface area contributed by atoms with Crippen LogP contribution in [0.4, 0.5) is 0 Å². The Morgan fingerprint density at radius 3 is 2.13 bits per heavy atom. The first-order valence-electron chi connectivity index (χ1n) is 10.2. The van der Waals surface area contributed by atoms with E-state index in [-0.39, 0.29) is 6.10 Å². The van der Waals surface area contributed by atoms with Gasteiger partial charge in [-0.1, -0.05) is 91.0 Å². The number of para-hydroxylation sites is 2. The Morgan fingerprint density at radius 1 is 0.633 bits per heavy atom. The molecule has 1 aliphatic rings. The van der Waals surface area contributed by atoms with Crippen molar-refractivity contribution in [1.29, 1.82) is 0 Å². The zero-order chi connectivity index (χ0) is 19.9. The maximum absolute atomic E-state index is 6.62. The normalized spacial score (nSPS) is 14.6. The van der Waals surface area contributed by atoms with Crippen LogP contribution < -0.4 is 4.74 Å². The molecule has 0 saturated carbocycles. The highest BCUT2D eigenvalue weighted by Crippen LogP contribution is 2.49. The van der Waals surface area contributed by atoms with Gasteiger partial charge in [0.05, 0.1) is 11.2 Å². The van der Waals surface area contributed by atoms with Crippen molar-refractivity contribution in [3.8, 4) is 28.1 Å². The lowest BCUT2D eigenvalue weighted by atomic mass is 9.85. The third kappa shape index (κ3) is 2.61. The quantitative estimate of drug-likeness (QED) is 0.325. The number of rotatable bonds is 2. The van der Waals surface area contributed by atoms with Gasteiger partial charge in [-0.3, -0.25) is 0 Å². The van der Waals surface area contributed by atoms with Crippen molar-refractivity contribution in [3.63, 3.8) is 0 Å². The number of hydrogen-bond acceptors (Lipinski definition) is 2. The van der Waals surface area contributed by atoms with E-state index >= 15 is 0 Å². The number of pyridine rings is 1. The SMILES string of the molecule is c1ccc(-c2c3c(nc4ccccc24)-c2ccccc2O[C@H]3c2ccccc2)cc1. The number of nitrogens with zero attached hydrogens (tertiary/aromatic N) is 1. The Bertz CT molecular complexity index is 1360. The molecule has 0 amide bonds. The van der Waals surface area contributed by atoms with Crippen LogP contribution in [0.1, 0.15) is 17.2 Å². The molecule has 0 spiro atoms. The predicted octanol–water partition coefficient (Wildman–Crippen LogP) is 7.05. The van der Waals surface area contributed by atoms with Gasteiger partial charge in [0.15, 0.2) is 6.10 Å². The average Bonchev–Trinajstić information content (AvgIpc) is 2.83. The standard InChI is InChI=1S/C28H19NO/c1-3-11-19(12-4-1)25-21-15-7-9-17-23(21)29-27-22-16-8-10-18-24(22)30-28(26(25)27)20-13-5-2-6-14-20/h1-18,28H/t28-/m0/s1. The molecule has 2 heterocycles.